The van der Waals surface area contributed by atoms with E-state index in [0.29, 0.717) is 5.16 Å². The maximum atomic E-state index is 12.5. The first kappa shape index (κ1) is 18.1. The number of anilines is 1. The molecule has 0 spiro atoms. The zero-order valence-corrected chi connectivity index (χ0v) is 15.9. The quantitative estimate of drug-likeness (QED) is 0.518. The van der Waals surface area contributed by atoms with Crippen LogP contribution in [-0.4, -0.2) is 21.1 Å². The molecule has 1 aromatic heterocycles. The van der Waals surface area contributed by atoms with Crippen molar-refractivity contribution in [2.45, 2.75) is 31.2 Å². The maximum Gasteiger partial charge on any atom is 0.237 e. The Hall–Kier alpha value is -2.66. The van der Waals surface area contributed by atoms with Crippen LogP contribution in [0.25, 0.3) is 11.3 Å². The van der Waals surface area contributed by atoms with Crippen LogP contribution in [0.2, 0.25) is 0 Å². The molecule has 0 radical (unpaired) electrons. The lowest BCUT2D eigenvalue weighted by atomic mass is 10.1. The van der Waals surface area contributed by atoms with E-state index in [1.54, 1.807) is 0 Å². The molecule has 1 atom stereocenters. The Balaban J connectivity index is 1.72. The highest BCUT2D eigenvalue weighted by Crippen LogP contribution is 2.25. The predicted octanol–water partition coefficient (Wildman–Crippen LogP) is 4.88. The molecule has 0 saturated carbocycles. The van der Waals surface area contributed by atoms with Crippen LogP contribution in [0.3, 0.4) is 0 Å². The Labute approximate surface area is 158 Å². The monoisotopic (exact) mass is 363 g/mol. The van der Waals surface area contributed by atoms with Crippen LogP contribution >= 0.6 is 11.8 Å². The number of benzene rings is 2. The van der Waals surface area contributed by atoms with Crippen molar-refractivity contribution in [1.82, 2.24) is 9.97 Å². The van der Waals surface area contributed by atoms with Gasteiger partial charge < -0.3 is 5.32 Å². The number of hydrogen-bond donors (Lipinski definition) is 1. The molecule has 1 heterocycles. The minimum Gasteiger partial charge on any atom is -0.325 e. The predicted molar refractivity (Wildman–Crippen MR) is 107 cm³/mol. The Morgan fingerprint density at radius 2 is 1.69 bits per heavy atom. The number of nitrogens with one attached hydrogen (secondary N) is 1. The van der Waals surface area contributed by atoms with Crippen molar-refractivity contribution in [2.75, 3.05) is 5.32 Å². The average molecular weight is 363 g/mol. The number of nitrogens with zero attached hydrogens (tertiary/aromatic N) is 2. The van der Waals surface area contributed by atoms with Gasteiger partial charge in [-0.2, -0.15) is 0 Å². The first-order valence-corrected chi connectivity index (χ1v) is 9.34. The number of carbonyl (C=O) groups excluding carboxylic acids is 1. The summed E-state index contributed by atoms with van der Waals surface area (Å²) in [5.74, 6) is -0.0646. The standard InChI is InChI=1S/C21H21N3OS/c1-14-9-11-18(12-10-14)23-20(25)16(3)26-21-22-15(2)13-19(24-21)17-7-5-4-6-8-17/h4-13,16H,1-3H3,(H,23,25)/t16-/m0/s1. The van der Waals surface area contributed by atoms with E-state index in [-0.39, 0.29) is 11.2 Å². The number of hydrogen-bond acceptors (Lipinski definition) is 4. The van der Waals surface area contributed by atoms with Gasteiger partial charge in [-0.1, -0.05) is 59.8 Å². The Bertz CT molecular complexity index is 895. The molecule has 26 heavy (non-hydrogen) atoms. The second kappa shape index (κ2) is 8.15. The summed E-state index contributed by atoms with van der Waals surface area (Å²) in [4.78, 5) is 21.5. The number of aryl methyl sites for hydroxylation is 2. The Morgan fingerprint density at radius 1 is 1.00 bits per heavy atom. The summed E-state index contributed by atoms with van der Waals surface area (Å²) in [7, 11) is 0. The highest BCUT2D eigenvalue weighted by Gasteiger charge is 2.17. The largest absolute Gasteiger partial charge is 0.325 e. The second-order valence-electron chi connectivity index (χ2n) is 6.16. The first-order valence-electron chi connectivity index (χ1n) is 8.46. The van der Waals surface area contributed by atoms with Gasteiger partial charge in [-0.05, 0) is 39.0 Å². The van der Waals surface area contributed by atoms with Gasteiger partial charge in [0, 0.05) is 16.9 Å². The summed E-state index contributed by atoms with van der Waals surface area (Å²) in [6.45, 7) is 5.82. The van der Waals surface area contributed by atoms with Crippen molar-refractivity contribution in [1.29, 1.82) is 0 Å². The Kier molecular flexibility index (Phi) is 5.68. The van der Waals surface area contributed by atoms with Crippen LogP contribution in [0.5, 0.6) is 0 Å². The summed E-state index contributed by atoms with van der Waals surface area (Å²) in [5, 5.41) is 3.24. The molecule has 4 nitrogen and oxygen atoms in total. The average Bonchev–Trinajstić information content (AvgIpc) is 2.64. The van der Waals surface area contributed by atoms with Crippen LogP contribution in [0.1, 0.15) is 18.2 Å². The molecule has 132 valence electrons. The molecular weight excluding hydrogens is 342 g/mol. The van der Waals surface area contributed by atoms with E-state index in [9.17, 15) is 4.79 Å². The fourth-order valence-corrected chi connectivity index (χ4v) is 3.27. The van der Waals surface area contributed by atoms with Gasteiger partial charge in [-0.3, -0.25) is 4.79 Å². The van der Waals surface area contributed by atoms with Gasteiger partial charge in [0.15, 0.2) is 5.16 Å². The topological polar surface area (TPSA) is 54.9 Å². The fourth-order valence-electron chi connectivity index (χ4n) is 2.44. The number of aromatic nitrogens is 2. The number of thioether (sulfide) groups is 1. The van der Waals surface area contributed by atoms with Gasteiger partial charge in [0.1, 0.15) is 0 Å². The second-order valence-corrected chi connectivity index (χ2v) is 7.47. The van der Waals surface area contributed by atoms with Crippen molar-refractivity contribution >= 4 is 23.4 Å². The van der Waals surface area contributed by atoms with E-state index < -0.39 is 0 Å². The molecule has 1 amide bonds. The lowest BCUT2D eigenvalue weighted by Crippen LogP contribution is -2.22. The van der Waals surface area contributed by atoms with Gasteiger partial charge in [0.25, 0.3) is 0 Å². The minimum absolute atomic E-state index is 0.0646. The van der Waals surface area contributed by atoms with Crippen molar-refractivity contribution in [3.63, 3.8) is 0 Å². The van der Waals surface area contributed by atoms with Crippen LogP contribution < -0.4 is 5.32 Å². The molecule has 0 bridgehead atoms. The van der Waals surface area contributed by atoms with E-state index in [4.69, 9.17) is 0 Å². The van der Waals surface area contributed by atoms with Gasteiger partial charge in [-0.25, -0.2) is 9.97 Å². The normalized spacial score (nSPS) is 11.8. The molecule has 3 aromatic rings. The third-order valence-electron chi connectivity index (χ3n) is 3.87. The van der Waals surface area contributed by atoms with Gasteiger partial charge >= 0.3 is 0 Å². The van der Waals surface area contributed by atoms with E-state index in [0.717, 1.165) is 28.2 Å². The van der Waals surface area contributed by atoms with Gasteiger partial charge in [-0.15, -0.1) is 0 Å². The summed E-state index contributed by atoms with van der Waals surface area (Å²) in [5.41, 5.74) is 4.74. The highest BCUT2D eigenvalue weighted by atomic mass is 32.2. The number of amides is 1. The zero-order valence-electron chi connectivity index (χ0n) is 15.1. The lowest BCUT2D eigenvalue weighted by Gasteiger charge is -2.12. The molecule has 3 rings (SSSR count). The van der Waals surface area contributed by atoms with Gasteiger partial charge in [0.05, 0.1) is 10.9 Å². The molecule has 0 saturated heterocycles. The van der Waals surface area contributed by atoms with E-state index in [1.807, 2.05) is 81.4 Å². The number of carbonyl (C=O) groups is 1. The third kappa shape index (κ3) is 4.70. The van der Waals surface area contributed by atoms with Crippen molar-refractivity contribution in [2.24, 2.45) is 0 Å². The minimum atomic E-state index is -0.304. The van der Waals surface area contributed by atoms with E-state index in [2.05, 4.69) is 15.3 Å². The van der Waals surface area contributed by atoms with Crippen LogP contribution in [-0.2, 0) is 4.79 Å². The third-order valence-corrected chi connectivity index (χ3v) is 4.83. The number of rotatable bonds is 5. The molecular formula is C21H21N3OS. The molecule has 2 aromatic carbocycles. The first-order chi connectivity index (χ1) is 12.5. The highest BCUT2D eigenvalue weighted by molar-refractivity contribution is 8.00. The van der Waals surface area contributed by atoms with Crippen LogP contribution in [0.15, 0.2) is 65.8 Å². The smallest absolute Gasteiger partial charge is 0.237 e. The molecule has 0 aliphatic rings. The van der Waals surface area contributed by atoms with E-state index >= 15 is 0 Å². The van der Waals surface area contributed by atoms with Crippen molar-refractivity contribution < 1.29 is 4.79 Å². The molecule has 0 unspecified atom stereocenters. The summed E-state index contributed by atoms with van der Waals surface area (Å²) in [6.07, 6.45) is 0. The summed E-state index contributed by atoms with van der Waals surface area (Å²) < 4.78 is 0. The summed E-state index contributed by atoms with van der Waals surface area (Å²) in [6, 6.07) is 19.7. The maximum absolute atomic E-state index is 12.5. The van der Waals surface area contributed by atoms with Crippen molar-refractivity contribution in [3.05, 3.63) is 71.9 Å². The fraction of sp³-hybridized carbons (Fsp3) is 0.190. The lowest BCUT2D eigenvalue weighted by molar-refractivity contribution is -0.115. The molecule has 5 heteroatoms. The molecule has 0 aliphatic carbocycles. The zero-order chi connectivity index (χ0) is 18.5. The molecule has 0 fully saturated rings. The van der Waals surface area contributed by atoms with Gasteiger partial charge in [0.2, 0.25) is 5.91 Å². The molecule has 0 aliphatic heterocycles. The van der Waals surface area contributed by atoms with E-state index in [1.165, 1.54) is 11.8 Å². The van der Waals surface area contributed by atoms with Crippen LogP contribution in [0.4, 0.5) is 5.69 Å². The van der Waals surface area contributed by atoms with Crippen molar-refractivity contribution in [3.8, 4) is 11.3 Å². The Morgan fingerprint density at radius 3 is 2.38 bits per heavy atom. The van der Waals surface area contributed by atoms with Crippen LogP contribution in [0, 0.1) is 13.8 Å². The summed E-state index contributed by atoms with van der Waals surface area (Å²) >= 11 is 1.36. The molecule has 1 N–H and O–H groups in total. The SMILES string of the molecule is Cc1ccc(NC(=O)[C@H](C)Sc2nc(C)cc(-c3ccccc3)n2)cc1.